The minimum absolute atomic E-state index is 0.125. The number of aromatic nitrogens is 2. The second kappa shape index (κ2) is 8.61. The Bertz CT molecular complexity index is 373. The molecule has 18 heavy (non-hydrogen) atoms. The van der Waals surface area contributed by atoms with Gasteiger partial charge >= 0.3 is 0 Å². The number of hydrogen-bond donors (Lipinski definition) is 0. The number of rotatable bonds is 9. The minimum atomic E-state index is 0.125. The molecule has 0 N–H and O–H groups in total. The van der Waals surface area contributed by atoms with E-state index in [1.807, 2.05) is 6.92 Å². The summed E-state index contributed by atoms with van der Waals surface area (Å²) in [5, 5.41) is 12.4. The first-order chi connectivity index (χ1) is 8.77. The summed E-state index contributed by atoms with van der Waals surface area (Å²) in [6.07, 6.45) is 1.86. The predicted molar refractivity (Wildman–Crippen MR) is 64.0 cm³/mol. The molecule has 0 aliphatic rings. The summed E-state index contributed by atoms with van der Waals surface area (Å²) in [5.74, 6) is 1.36. The Balaban J connectivity index is 2.27. The molecule has 1 rings (SSSR count). The van der Waals surface area contributed by atoms with Crippen molar-refractivity contribution in [2.24, 2.45) is 0 Å². The van der Waals surface area contributed by atoms with E-state index in [0.29, 0.717) is 44.4 Å². The quantitative estimate of drug-likeness (QED) is 0.623. The van der Waals surface area contributed by atoms with Crippen molar-refractivity contribution in [2.75, 3.05) is 26.9 Å². The van der Waals surface area contributed by atoms with E-state index in [4.69, 9.17) is 19.3 Å². The molecule has 6 nitrogen and oxygen atoms in total. The van der Waals surface area contributed by atoms with Crippen LogP contribution in [0.15, 0.2) is 4.52 Å². The number of methoxy groups -OCH3 is 1. The first kappa shape index (κ1) is 14.6. The molecule has 0 aliphatic heterocycles. The van der Waals surface area contributed by atoms with Gasteiger partial charge in [0.1, 0.15) is 0 Å². The van der Waals surface area contributed by atoms with Gasteiger partial charge in [-0.25, -0.2) is 0 Å². The summed E-state index contributed by atoms with van der Waals surface area (Å²) in [6, 6.07) is 2.11. The second-order valence-electron chi connectivity index (χ2n) is 4.00. The maximum Gasteiger partial charge on any atom is 0.229 e. The Morgan fingerprint density at radius 2 is 2.22 bits per heavy atom. The second-order valence-corrected chi connectivity index (χ2v) is 4.00. The van der Waals surface area contributed by atoms with Crippen molar-refractivity contribution in [3.8, 4) is 6.07 Å². The first-order valence-electron chi connectivity index (χ1n) is 6.04. The summed E-state index contributed by atoms with van der Waals surface area (Å²) < 4.78 is 15.3. The first-order valence-corrected chi connectivity index (χ1v) is 6.04. The summed E-state index contributed by atoms with van der Waals surface area (Å²) in [7, 11) is 1.64. The molecule has 1 unspecified atom stereocenters. The van der Waals surface area contributed by atoms with E-state index in [-0.39, 0.29) is 5.92 Å². The van der Waals surface area contributed by atoms with Crippen LogP contribution in [0.3, 0.4) is 0 Å². The molecule has 1 aromatic rings. The molecule has 0 aromatic carbocycles. The maximum atomic E-state index is 8.51. The highest BCUT2D eigenvalue weighted by molar-refractivity contribution is 4.93. The zero-order chi connectivity index (χ0) is 13.2. The monoisotopic (exact) mass is 253 g/mol. The van der Waals surface area contributed by atoms with Crippen LogP contribution in [0.4, 0.5) is 0 Å². The smallest absolute Gasteiger partial charge is 0.229 e. The van der Waals surface area contributed by atoms with E-state index < -0.39 is 0 Å². The van der Waals surface area contributed by atoms with Crippen LogP contribution >= 0.6 is 0 Å². The van der Waals surface area contributed by atoms with Crippen LogP contribution in [-0.4, -0.2) is 37.1 Å². The highest BCUT2D eigenvalue weighted by Crippen LogP contribution is 2.18. The molecule has 1 atom stereocenters. The van der Waals surface area contributed by atoms with Crippen LogP contribution in [0.5, 0.6) is 0 Å². The molecule has 0 aliphatic carbocycles. The number of ether oxygens (including phenoxy) is 2. The van der Waals surface area contributed by atoms with Gasteiger partial charge in [-0.15, -0.1) is 0 Å². The number of hydrogen-bond acceptors (Lipinski definition) is 6. The van der Waals surface area contributed by atoms with Crippen molar-refractivity contribution in [3.63, 3.8) is 0 Å². The van der Waals surface area contributed by atoms with Gasteiger partial charge in [0.05, 0.1) is 25.9 Å². The lowest BCUT2D eigenvalue weighted by Gasteiger charge is -2.01. The van der Waals surface area contributed by atoms with Crippen molar-refractivity contribution in [2.45, 2.75) is 32.1 Å². The summed E-state index contributed by atoms with van der Waals surface area (Å²) >= 11 is 0. The largest absolute Gasteiger partial charge is 0.382 e. The van der Waals surface area contributed by atoms with Gasteiger partial charge in [-0.2, -0.15) is 10.2 Å². The van der Waals surface area contributed by atoms with Crippen molar-refractivity contribution < 1.29 is 14.0 Å². The van der Waals surface area contributed by atoms with Gasteiger partial charge in [-0.1, -0.05) is 12.1 Å². The number of nitriles is 1. The third-order valence-corrected chi connectivity index (χ3v) is 2.50. The molecule has 0 radical (unpaired) electrons. The van der Waals surface area contributed by atoms with Crippen molar-refractivity contribution in [3.05, 3.63) is 11.7 Å². The van der Waals surface area contributed by atoms with Crippen LogP contribution in [0, 0.1) is 11.3 Å². The molecule has 0 amide bonds. The van der Waals surface area contributed by atoms with Crippen molar-refractivity contribution in [1.82, 2.24) is 10.1 Å². The molecule has 0 fully saturated rings. The van der Waals surface area contributed by atoms with Gasteiger partial charge in [0.25, 0.3) is 0 Å². The van der Waals surface area contributed by atoms with E-state index in [1.165, 1.54) is 0 Å². The molecular weight excluding hydrogens is 234 g/mol. The fraction of sp³-hybridized carbons (Fsp3) is 0.750. The Hall–Kier alpha value is -1.45. The lowest BCUT2D eigenvalue weighted by atomic mass is 10.1. The van der Waals surface area contributed by atoms with E-state index >= 15 is 0 Å². The standard InChI is InChI=1S/C12H19N3O3/c1-10(4-3-6-13)12-14-11(15-18-12)5-7-17-9-8-16-2/h10H,3-5,7-9H2,1-2H3. The average molecular weight is 253 g/mol. The maximum absolute atomic E-state index is 8.51. The van der Waals surface area contributed by atoms with Gasteiger partial charge in [-0.05, 0) is 6.42 Å². The Morgan fingerprint density at radius 3 is 2.94 bits per heavy atom. The molecule has 0 bridgehead atoms. The van der Waals surface area contributed by atoms with Gasteiger partial charge < -0.3 is 14.0 Å². The molecule has 6 heteroatoms. The van der Waals surface area contributed by atoms with Crippen molar-refractivity contribution >= 4 is 0 Å². The van der Waals surface area contributed by atoms with E-state index in [9.17, 15) is 0 Å². The van der Waals surface area contributed by atoms with Crippen LogP contribution < -0.4 is 0 Å². The summed E-state index contributed by atoms with van der Waals surface area (Å²) in [6.45, 7) is 3.68. The normalized spacial score (nSPS) is 12.3. The van der Waals surface area contributed by atoms with Gasteiger partial charge in [-0.3, -0.25) is 0 Å². The molecule has 1 aromatic heterocycles. The molecule has 100 valence electrons. The van der Waals surface area contributed by atoms with Gasteiger partial charge in [0.15, 0.2) is 5.82 Å². The topological polar surface area (TPSA) is 81.2 Å². The third kappa shape index (κ3) is 5.25. The molecule has 0 spiro atoms. The highest BCUT2D eigenvalue weighted by Gasteiger charge is 2.13. The van der Waals surface area contributed by atoms with E-state index in [2.05, 4.69) is 16.2 Å². The lowest BCUT2D eigenvalue weighted by molar-refractivity contribution is 0.0714. The minimum Gasteiger partial charge on any atom is -0.382 e. The predicted octanol–water partition coefficient (Wildman–Crippen LogP) is 1.68. The zero-order valence-corrected chi connectivity index (χ0v) is 10.9. The fourth-order valence-electron chi connectivity index (χ4n) is 1.38. The van der Waals surface area contributed by atoms with E-state index in [1.54, 1.807) is 7.11 Å². The lowest BCUT2D eigenvalue weighted by Crippen LogP contribution is -2.05. The van der Waals surface area contributed by atoms with E-state index in [0.717, 1.165) is 6.42 Å². The average Bonchev–Trinajstić information content (AvgIpc) is 2.84. The Morgan fingerprint density at radius 1 is 1.39 bits per heavy atom. The van der Waals surface area contributed by atoms with Crippen LogP contribution in [0.25, 0.3) is 0 Å². The van der Waals surface area contributed by atoms with Crippen molar-refractivity contribution in [1.29, 1.82) is 5.26 Å². The Labute approximate surface area is 107 Å². The molecular formula is C12H19N3O3. The highest BCUT2D eigenvalue weighted by atomic mass is 16.5. The fourth-order valence-corrected chi connectivity index (χ4v) is 1.38. The van der Waals surface area contributed by atoms with Crippen LogP contribution in [-0.2, 0) is 15.9 Å². The SMILES string of the molecule is COCCOCCc1noc(C(C)CCC#N)n1. The Kier molecular flexibility index (Phi) is 6.99. The van der Waals surface area contributed by atoms with Crippen LogP contribution in [0.2, 0.25) is 0 Å². The molecule has 0 saturated carbocycles. The third-order valence-electron chi connectivity index (χ3n) is 2.50. The van der Waals surface area contributed by atoms with Gasteiger partial charge in [0.2, 0.25) is 5.89 Å². The molecule has 0 saturated heterocycles. The summed E-state index contributed by atoms with van der Waals surface area (Å²) in [4.78, 5) is 4.28. The molecule has 1 heterocycles. The summed E-state index contributed by atoms with van der Waals surface area (Å²) in [5.41, 5.74) is 0. The number of nitrogens with zero attached hydrogens (tertiary/aromatic N) is 3. The zero-order valence-electron chi connectivity index (χ0n) is 10.9. The van der Waals surface area contributed by atoms with Crippen LogP contribution in [0.1, 0.15) is 37.4 Å². The van der Waals surface area contributed by atoms with Gasteiger partial charge in [0, 0.05) is 25.9 Å².